The predicted molar refractivity (Wildman–Crippen MR) is 47.0 cm³/mol. The zero-order valence-corrected chi connectivity index (χ0v) is 8.02. The summed E-state index contributed by atoms with van der Waals surface area (Å²) in [7, 11) is 1.81. The minimum atomic E-state index is -0.766. The molecule has 0 radical (unpaired) electrons. The van der Waals surface area contributed by atoms with Gasteiger partial charge < -0.3 is 4.74 Å². The van der Waals surface area contributed by atoms with Crippen LogP contribution in [-0.2, 0) is 14.3 Å². The Bertz CT molecular complexity index is 282. The maximum Gasteiger partial charge on any atom is 0.331 e. The van der Waals surface area contributed by atoms with Gasteiger partial charge in [0.05, 0.1) is 6.07 Å². The minimum absolute atomic E-state index is 0.322. The van der Waals surface area contributed by atoms with Crippen molar-refractivity contribution in [3.05, 3.63) is 0 Å². The van der Waals surface area contributed by atoms with Crippen LogP contribution in [0.5, 0.6) is 0 Å². The fourth-order valence-electron chi connectivity index (χ4n) is 1.49. The molecule has 1 fully saturated rings. The summed E-state index contributed by atoms with van der Waals surface area (Å²) in [5.74, 6) is -1.30. The van der Waals surface area contributed by atoms with Gasteiger partial charge in [0.15, 0.2) is 0 Å². The number of nitriles is 1. The van der Waals surface area contributed by atoms with Gasteiger partial charge in [0.25, 0.3) is 0 Å². The van der Waals surface area contributed by atoms with E-state index in [-0.39, 0.29) is 12.5 Å². The summed E-state index contributed by atoms with van der Waals surface area (Å²) in [6.07, 6.45) is 1.28. The lowest BCUT2D eigenvalue weighted by atomic mass is 10.2. The van der Waals surface area contributed by atoms with Crippen LogP contribution >= 0.6 is 0 Å². The Labute approximate surface area is 82.2 Å². The van der Waals surface area contributed by atoms with Gasteiger partial charge in [-0.3, -0.25) is 9.69 Å². The largest absolute Gasteiger partial charge is 0.391 e. The number of ether oxygens (including phenoxy) is 1. The highest BCUT2D eigenvalue weighted by Gasteiger charge is 2.30. The zero-order valence-electron chi connectivity index (χ0n) is 8.02. The third kappa shape index (κ3) is 2.54. The number of rotatable bonds is 2. The lowest BCUT2D eigenvalue weighted by molar-refractivity contribution is -0.161. The number of carbonyl (C=O) groups is 2. The fourth-order valence-corrected chi connectivity index (χ4v) is 1.49. The van der Waals surface area contributed by atoms with Gasteiger partial charge in [0, 0.05) is 0 Å². The van der Waals surface area contributed by atoms with Crippen LogP contribution in [0.25, 0.3) is 0 Å². The highest BCUT2D eigenvalue weighted by atomic mass is 16.6. The van der Waals surface area contributed by atoms with Crippen LogP contribution in [0.2, 0.25) is 0 Å². The quantitative estimate of drug-likeness (QED) is 0.461. The van der Waals surface area contributed by atoms with E-state index < -0.39 is 11.9 Å². The Balaban J connectivity index is 2.42. The van der Waals surface area contributed by atoms with Crippen molar-refractivity contribution in [2.75, 3.05) is 13.6 Å². The molecule has 5 heteroatoms. The molecule has 0 amide bonds. The van der Waals surface area contributed by atoms with Crippen molar-refractivity contribution in [1.82, 2.24) is 4.90 Å². The van der Waals surface area contributed by atoms with Crippen molar-refractivity contribution in [3.63, 3.8) is 0 Å². The molecule has 1 atom stereocenters. The van der Waals surface area contributed by atoms with Crippen LogP contribution in [-0.4, -0.2) is 36.5 Å². The Hall–Kier alpha value is -1.41. The first-order chi connectivity index (χ1) is 6.65. The van der Waals surface area contributed by atoms with Crippen molar-refractivity contribution >= 4 is 11.9 Å². The van der Waals surface area contributed by atoms with E-state index in [1.165, 1.54) is 0 Å². The molecule has 14 heavy (non-hydrogen) atoms. The van der Waals surface area contributed by atoms with E-state index in [0.717, 1.165) is 19.4 Å². The second-order valence-electron chi connectivity index (χ2n) is 3.27. The first-order valence-electron chi connectivity index (χ1n) is 4.47. The number of carbonyl (C=O) groups excluding carboxylic acids is 2. The Morgan fingerprint density at radius 3 is 2.86 bits per heavy atom. The molecule has 1 aliphatic rings. The summed E-state index contributed by atoms with van der Waals surface area (Å²) in [4.78, 5) is 24.0. The molecule has 0 aromatic carbocycles. The van der Waals surface area contributed by atoms with Crippen LogP contribution < -0.4 is 0 Å². The van der Waals surface area contributed by atoms with E-state index in [1.807, 2.05) is 11.9 Å². The maximum absolute atomic E-state index is 11.3. The summed E-state index contributed by atoms with van der Waals surface area (Å²) in [5, 5.41) is 8.19. The highest BCUT2D eigenvalue weighted by molar-refractivity contribution is 5.89. The average molecular weight is 196 g/mol. The predicted octanol–water partition coefficient (Wildman–Crippen LogP) is 0.0641. The van der Waals surface area contributed by atoms with Crippen molar-refractivity contribution in [3.8, 4) is 6.07 Å². The van der Waals surface area contributed by atoms with Gasteiger partial charge in [0.2, 0.25) is 0 Å². The summed E-state index contributed by atoms with van der Waals surface area (Å²) in [6.45, 7) is 0.839. The van der Waals surface area contributed by atoms with E-state index >= 15 is 0 Å². The smallest absolute Gasteiger partial charge is 0.331 e. The molecule has 0 N–H and O–H groups in total. The van der Waals surface area contributed by atoms with Crippen LogP contribution in [0, 0.1) is 11.3 Å². The molecule has 0 bridgehead atoms. The van der Waals surface area contributed by atoms with E-state index in [9.17, 15) is 9.59 Å². The van der Waals surface area contributed by atoms with Crippen LogP contribution in [0.1, 0.15) is 19.3 Å². The lowest BCUT2D eigenvalue weighted by Gasteiger charge is -2.16. The van der Waals surface area contributed by atoms with Crippen LogP contribution in [0.4, 0.5) is 0 Å². The van der Waals surface area contributed by atoms with E-state index in [4.69, 9.17) is 5.26 Å². The van der Waals surface area contributed by atoms with E-state index in [0.29, 0.717) is 0 Å². The van der Waals surface area contributed by atoms with Gasteiger partial charge in [-0.1, -0.05) is 0 Å². The molecule has 76 valence electrons. The Morgan fingerprint density at radius 1 is 1.64 bits per heavy atom. The Kier molecular flexibility index (Phi) is 3.60. The third-order valence-electron chi connectivity index (χ3n) is 2.23. The topological polar surface area (TPSA) is 70.4 Å². The number of likely N-dealkylation sites (tertiary alicyclic amines) is 1. The normalized spacial score (nSPS) is 21.6. The molecule has 0 aliphatic carbocycles. The summed E-state index contributed by atoms with van der Waals surface area (Å²) in [6, 6.07) is 1.31. The standard InChI is InChI=1S/C9H12N2O3/c1-11-6-2-3-7(11)9(13)14-8(12)4-5-10/h7H,2-4,6H2,1H3/t7-/m0/s1. The molecule has 5 nitrogen and oxygen atoms in total. The van der Waals surface area contributed by atoms with Gasteiger partial charge in [-0.15, -0.1) is 0 Å². The lowest BCUT2D eigenvalue weighted by Crippen LogP contribution is -2.35. The molecule has 0 unspecified atom stereocenters. The number of hydrogen-bond donors (Lipinski definition) is 0. The summed E-state index contributed by atoms with van der Waals surface area (Å²) < 4.78 is 4.50. The van der Waals surface area contributed by atoms with Gasteiger partial charge in [-0.2, -0.15) is 5.26 Å². The second-order valence-corrected chi connectivity index (χ2v) is 3.27. The number of nitrogens with zero attached hydrogens (tertiary/aromatic N) is 2. The minimum Gasteiger partial charge on any atom is -0.391 e. The van der Waals surface area contributed by atoms with E-state index in [1.54, 1.807) is 6.07 Å². The molecule has 1 rings (SSSR count). The number of hydrogen-bond acceptors (Lipinski definition) is 5. The molecule has 0 aromatic heterocycles. The fraction of sp³-hybridized carbons (Fsp3) is 0.667. The monoisotopic (exact) mass is 196 g/mol. The van der Waals surface area contributed by atoms with Crippen LogP contribution in [0.3, 0.4) is 0 Å². The molecule has 0 aromatic rings. The Morgan fingerprint density at radius 2 is 2.36 bits per heavy atom. The van der Waals surface area contributed by atoms with Crippen molar-refractivity contribution in [1.29, 1.82) is 5.26 Å². The molecule has 1 saturated heterocycles. The molecule has 1 aliphatic heterocycles. The maximum atomic E-state index is 11.3. The third-order valence-corrected chi connectivity index (χ3v) is 2.23. The molecule has 0 saturated carbocycles. The van der Waals surface area contributed by atoms with E-state index in [2.05, 4.69) is 4.74 Å². The summed E-state index contributed by atoms with van der Waals surface area (Å²) >= 11 is 0. The van der Waals surface area contributed by atoms with Crippen molar-refractivity contribution < 1.29 is 14.3 Å². The van der Waals surface area contributed by atoms with Gasteiger partial charge in [0.1, 0.15) is 12.5 Å². The zero-order chi connectivity index (χ0) is 10.6. The van der Waals surface area contributed by atoms with Crippen molar-refractivity contribution in [2.24, 2.45) is 0 Å². The van der Waals surface area contributed by atoms with Crippen LogP contribution in [0.15, 0.2) is 0 Å². The highest BCUT2D eigenvalue weighted by Crippen LogP contribution is 2.15. The molecule has 0 spiro atoms. The SMILES string of the molecule is CN1CCC[C@H]1C(=O)OC(=O)CC#N. The molecular formula is C9H12N2O3. The summed E-state index contributed by atoms with van der Waals surface area (Å²) in [5.41, 5.74) is 0. The van der Waals surface area contributed by atoms with Gasteiger partial charge >= 0.3 is 11.9 Å². The van der Waals surface area contributed by atoms with Gasteiger partial charge in [-0.05, 0) is 26.4 Å². The second kappa shape index (κ2) is 4.72. The molecule has 1 heterocycles. The molecular weight excluding hydrogens is 184 g/mol. The average Bonchev–Trinajstić information content (AvgIpc) is 2.51. The van der Waals surface area contributed by atoms with Gasteiger partial charge in [-0.25, -0.2) is 4.79 Å². The first-order valence-corrected chi connectivity index (χ1v) is 4.47. The van der Waals surface area contributed by atoms with Crippen molar-refractivity contribution in [2.45, 2.75) is 25.3 Å². The number of likely N-dealkylation sites (N-methyl/N-ethyl adjacent to an activating group) is 1. The first kappa shape index (κ1) is 10.7. The number of esters is 2.